The van der Waals surface area contributed by atoms with Gasteiger partial charge < -0.3 is 14.4 Å². The van der Waals surface area contributed by atoms with Crippen molar-refractivity contribution in [2.24, 2.45) is 5.92 Å². The van der Waals surface area contributed by atoms with Crippen LogP contribution in [-0.2, 0) is 19.7 Å². The van der Waals surface area contributed by atoms with Gasteiger partial charge in [-0.15, -0.1) is 0 Å². The van der Waals surface area contributed by atoms with E-state index in [1.54, 1.807) is 11.8 Å². The van der Waals surface area contributed by atoms with Crippen LogP contribution >= 0.6 is 15.9 Å². The van der Waals surface area contributed by atoms with Gasteiger partial charge in [0.15, 0.2) is 6.61 Å². The zero-order valence-corrected chi connectivity index (χ0v) is 17.6. The first-order chi connectivity index (χ1) is 12.2. The highest BCUT2D eigenvalue weighted by molar-refractivity contribution is 9.10. The highest BCUT2D eigenvalue weighted by Crippen LogP contribution is 2.31. The number of carbonyl (C=O) groups excluding carboxylic acids is 2. The third-order valence-electron chi connectivity index (χ3n) is 4.62. The standard InChI is InChI=1S/C20H28BrNO4/c1-5-25-19(24)14-8-10-22(11-9-14)18(23)13-26-17-7-6-15(12-16(17)21)20(2,3)4/h6-7,12,14H,5,8-11,13H2,1-4H3. The summed E-state index contributed by atoms with van der Waals surface area (Å²) in [4.78, 5) is 25.9. The van der Waals surface area contributed by atoms with Crippen LogP contribution in [0.1, 0.15) is 46.1 Å². The van der Waals surface area contributed by atoms with Gasteiger partial charge in [0.2, 0.25) is 0 Å². The van der Waals surface area contributed by atoms with Gasteiger partial charge in [-0.1, -0.05) is 26.8 Å². The van der Waals surface area contributed by atoms with Gasteiger partial charge in [-0.25, -0.2) is 0 Å². The zero-order valence-electron chi connectivity index (χ0n) is 16.0. The molecule has 5 nitrogen and oxygen atoms in total. The lowest BCUT2D eigenvalue weighted by Gasteiger charge is -2.30. The van der Waals surface area contributed by atoms with Crippen LogP contribution in [0.2, 0.25) is 0 Å². The Balaban J connectivity index is 1.85. The number of halogens is 1. The fraction of sp³-hybridized carbons (Fsp3) is 0.600. The van der Waals surface area contributed by atoms with E-state index in [9.17, 15) is 9.59 Å². The fourth-order valence-electron chi connectivity index (χ4n) is 2.94. The summed E-state index contributed by atoms with van der Waals surface area (Å²) in [6.45, 7) is 9.79. The molecular weight excluding hydrogens is 398 g/mol. The Hall–Kier alpha value is -1.56. The molecular formula is C20H28BrNO4. The number of ether oxygens (including phenoxy) is 2. The zero-order chi connectivity index (χ0) is 19.3. The second kappa shape index (κ2) is 8.89. The molecule has 1 aromatic carbocycles. The largest absolute Gasteiger partial charge is 0.483 e. The molecule has 1 aromatic rings. The predicted molar refractivity (Wildman–Crippen MR) is 104 cm³/mol. The molecule has 0 saturated carbocycles. The first-order valence-corrected chi connectivity index (χ1v) is 9.89. The van der Waals surface area contributed by atoms with Crippen LogP contribution in [0.15, 0.2) is 22.7 Å². The summed E-state index contributed by atoms with van der Waals surface area (Å²) in [5.74, 6) is 0.351. The monoisotopic (exact) mass is 425 g/mol. The van der Waals surface area contributed by atoms with Crippen molar-refractivity contribution in [2.45, 2.75) is 46.0 Å². The molecule has 1 fully saturated rings. The van der Waals surface area contributed by atoms with E-state index >= 15 is 0 Å². The summed E-state index contributed by atoms with van der Waals surface area (Å²) in [7, 11) is 0. The Bertz CT molecular complexity index is 646. The molecule has 0 aliphatic carbocycles. The smallest absolute Gasteiger partial charge is 0.309 e. The van der Waals surface area contributed by atoms with Crippen molar-refractivity contribution in [2.75, 3.05) is 26.3 Å². The molecule has 0 spiro atoms. The maximum atomic E-state index is 12.4. The summed E-state index contributed by atoms with van der Waals surface area (Å²) in [5, 5.41) is 0. The van der Waals surface area contributed by atoms with E-state index in [4.69, 9.17) is 9.47 Å². The molecule has 0 unspecified atom stereocenters. The van der Waals surface area contributed by atoms with Gasteiger partial charge in [-0.05, 0) is 58.8 Å². The van der Waals surface area contributed by atoms with E-state index in [0.717, 1.165) is 4.47 Å². The first kappa shape index (κ1) is 20.7. The van der Waals surface area contributed by atoms with Crippen LogP contribution in [0.25, 0.3) is 0 Å². The van der Waals surface area contributed by atoms with Gasteiger partial charge in [-0.2, -0.15) is 0 Å². The van der Waals surface area contributed by atoms with Crippen molar-refractivity contribution in [3.8, 4) is 5.75 Å². The normalized spacial score (nSPS) is 15.7. The summed E-state index contributed by atoms with van der Waals surface area (Å²) >= 11 is 3.52. The Kier molecular flexibility index (Phi) is 7.09. The highest BCUT2D eigenvalue weighted by Gasteiger charge is 2.28. The number of nitrogens with zero attached hydrogens (tertiary/aromatic N) is 1. The van der Waals surface area contributed by atoms with Crippen LogP contribution < -0.4 is 4.74 Å². The summed E-state index contributed by atoms with van der Waals surface area (Å²) in [5.41, 5.74) is 1.25. The fourth-order valence-corrected chi connectivity index (χ4v) is 3.43. The van der Waals surface area contributed by atoms with Gasteiger partial charge in [0.05, 0.1) is 17.0 Å². The molecule has 0 N–H and O–H groups in total. The first-order valence-electron chi connectivity index (χ1n) is 9.09. The number of rotatable bonds is 5. The van der Waals surface area contributed by atoms with Crippen molar-refractivity contribution in [3.05, 3.63) is 28.2 Å². The average Bonchev–Trinajstić information content (AvgIpc) is 2.60. The topological polar surface area (TPSA) is 55.8 Å². The number of benzene rings is 1. The highest BCUT2D eigenvalue weighted by atomic mass is 79.9. The van der Waals surface area contributed by atoms with Gasteiger partial charge in [0.1, 0.15) is 5.75 Å². The van der Waals surface area contributed by atoms with Crippen molar-refractivity contribution >= 4 is 27.8 Å². The Morgan fingerprint density at radius 3 is 2.42 bits per heavy atom. The van der Waals surface area contributed by atoms with E-state index in [-0.39, 0.29) is 29.8 Å². The molecule has 1 aliphatic rings. The second-order valence-electron chi connectivity index (χ2n) is 7.59. The molecule has 0 atom stereocenters. The molecule has 1 saturated heterocycles. The van der Waals surface area contributed by atoms with Gasteiger partial charge >= 0.3 is 5.97 Å². The molecule has 144 valence electrons. The summed E-state index contributed by atoms with van der Waals surface area (Å²) in [6, 6.07) is 5.95. The maximum absolute atomic E-state index is 12.4. The molecule has 1 aliphatic heterocycles. The lowest BCUT2D eigenvalue weighted by molar-refractivity contribution is -0.151. The molecule has 1 heterocycles. The quantitative estimate of drug-likeness (QED) is 0.670. The number of carbonyl (C=O) groups is 2. The molecule has 6 heteroatoms. The molecule has 0 aromatic heterocycles. The maximum Gasteiger partial charge on any atom is 0.309 e. The Labute approximate surface area is 164 Å². The van der Waals surface area contributed by atoms with Crippen LogP contribution in [-0.4, -0.2) is 43.1 Å². The Morgan fingerprint density at radius 1 is 1.23 bits per heavy atom. The predicted octanol–water partition coefficient (Wildman–Crippen LogP) is 3.93. The SMILES string of the molecule is CCOC(=O)C1CCN(C(=O)COc2ccc(C(C)(C)C)cc2Br)CC1. The number of esters is 1. The van der Waals surface area contributed by atoms with Crippen molar-refractivity contribution < 1.29 is 19.1 Å². The third-order valence-corrected chi connectivity index (χ3v) is 5.24. The average molecular weight is 426 g/mol. The number of likely N-dealkylation sites (tertiary alicyclic amines) is 1. The minimum Gasteiger partial charge on any atom is -0.483 e. The number of hydrogen-bond donors (Lipinski definition) is 0. The summed E-state index contributed by atoms with van der Waals surface area (Å²) < 4.78 is 11.6. The third kappa shape index (κ3) is 5.47. The Morgan fingerprint density at radius 2 is 1.88 bits per heavy atom. The van der Waals surface area contributed by atoms with E-state index < -0.39 is 0 Å². The van der Waals surface area contributed by atoms with Gasteiger partial charge in [-0.3, -0.25) is 9.59 Å². The number of amides is 1. The summed E-state index contributed by atoms with van der Waals surface area (Å²) in [6.07, 6.45) is 1.29. The van der Waals surface area contributed by atoms with Crippen LogP contribution in [0.5, 0.6) is 5.75 Å². The molecule has 26 heavy (non-hydrogen) atoms. The molecule has 1 amide bonds. The second-order valence-corrected chi connectivity index (χ2v) is 8.45. The van der Waals surface area contributed by atoms with Crippen molar-refractivity contribution in [3.63, 3.8) is 0 Å². The minimum atomic E-state index is -0.154. The van der Waals surface area contributed by atoms with Crippen LogP contribution in [0, 0.1) is 5.92 Å². The number of piperidine rings is 1. The number of hydrogen-bond acceptors (Lipinski definition) is 4. The van der Waals surface area contributed by atoms with Crippen LogP contribution in [0.4, 0.5) is 0 Å². The van der Waals surface area contributed by atoms with Crippen LogP contribution in [0.3, 0.4) is 0 Å². The van der Waals surface area contributed by atoms with E-state index in [1.807, 2.05) is 18.2 Å². The van der Waals surface area contributed by atoms with Crippen molar-refractivity contribution in [1.29, 1.82) is 0 Å². The van der Waals surface area contributed by atoms with Gasteiger partial charge in [0.25, 0.3) is 5.91 Å². The van der Waals surface area contributed by atoms with Crippen molar-refractivity contribution in [1.82, 2.24) is 4.90 Å². The van der Waals surface area contributed by atoms with E-state index in [0.29, 0.717) is 38.3 Å². The van der Waals surface area contributed by atoms with Gasteiger partial charge in [0, 0.05) is 13.1 Å². The minimum absolute atomic E-state index is 0.00244. The molecule has 2 rings (SSSR count). The van der Waals surface area contributed by atoms with E-state index in [1.165, 1.54) is 5.56 Å². The molecule has 0 bridgehead atoms. The van der Waals surface area contributed by atoms with E-state index in [2.05, 4.69) is 36.7 Å². The lowest BCUT2D eigenvalue weighted by Crippen LogP contribution is -2.42. The molecule has 0 radical (unpaired) electrons. The lowest BCUT2D eigenvalue weighted by atomic mass is 9.87.